The normalized spacial score (nSPS) is 11.0. The number of rotatable bonds is 8. The lowest BCUT2D eigenvalue weighted by atomic mass is 10.0. The number of hydrogen-bond donors (Lipinski definition) is 1. The lowest BCUT2D eigenvalue weighted by Crippen LogP contribution is -2.14. The van der Waals surface area contributed by atoms with Crippen LogP contribution in [0.5, 0.6) is 0 Å². The third kappa shape index (κ3) is 5.58. The quantitative estimate of drug-likeness (QED) is 0.317. The van der Waals surface area contributed by atoms with Crippen LogP contribution in [-0.2, 0) is 11.4 Å². The predicted octanol–water partition coefficient (Wildman–Crippen LogP) is 4.66. The monoisotopic (exact) mass is 372 g/mol. The Kier molecular flexibility index (Phi) is 7.18. The number of nitrogens with one attached hydrogen (secondary N) is 1. The van der Waals surface area contributed by atoms with E-state index in [1.165, 1.54) is 0 Å². The van der Waals surface area contributed by atoms with Crippen LogP contribution in [0.1, 0.15) is 29.2 Å². The Morgan fingerprint density at radius 2 is 2.12 bits per heavy atom. The number of benzene rings is 1. The van der Waals surface area contributed by atoms with Gasteiger partial charge in [-0.1, -0.05) is 24.2 Å². The van der Waals surface area contributed by atoms with Crippen LogP contribution in [0.25, 0.3) is 5.70 Å². The molecular formula is C20H25ClN4O. The topological polar surface area (TPSA) is 49.8 Å². The Balaban J connectivity index is 2.01. The van der Waals surface area contributed by atoms with E-state index in [1.807, 2.05) is 38.2 Å². The predicted molar refractivity (Wildman–Crippen MR) is 109 cm³/mol. The summed E-state index contributed by atoms with van der Waals surface area (Å²) in [7, 11) is 2.00. The van der Waals surface area contributed by atoms with Crippen LogP contribution in [-0.4, -0.2) is 29.8 Å². The van der Waals surface area contributed by atoms with Crippen molar-refractivity contribution >= 4 is 29.3 Å². The average Bonchev–Trinajstić information content (AvgIpc) is 2.63. The standard InChI is InChI=1S/C20H25ClN4O/c1-6-25(5)13-23-19-10-14(2)18(9-15(19)3)16(4)24-26-12-17-7-8-20(21)22-11-17/h7-11,13,24H,4,6,12H2,1-3,5H3. The highest BCUT2D eigenvalue weighted by Crippen LogP contribution is 2.26. The molecule has 0 spiro atoms. The van der Waals surface area contributed by atoms with Gasteiger partial charge in [-0.15, -0.1) is 0 Å². The molecule has 0 bridgehead atoms. The van der Waals surface area contributed by atoms with Gasteiger partial charge in [-0.2, -0.15) is 0 Å². The Morgan fingerprint density at radius 3 is 2.77 bits per heavy atom. The van der Waals surface area contributed by atoms with Crippen molar-refractivity contribution in [2.45, 2.75) is 27.4 Å². The van der Waals surface area contributed by atoms with Crippen LogP contribution < -0.4 is 5.48 Å². The van der Waals surface area contributed by atoms with E-state index in [-0.39, 0.29) is 0 Å². The van der Waals surface area contributed by atoms with Gasteiger partial charge in [0.25, 0.3) is 0 Å². The Morgan fingerprint density at radius 1 is 1.35 bits per heavy atom. The number of aryl methyl sites for hydroxylation is 2. The van der Waals surface area contributed by atoms with E-state index < -0.39 is 0 Å². The van der Waals surface area contributed by atoms with Crippen LogP contribution >= 0.6 is 11.6 Å². The summed E-state index contributed by atoms with van der Waals surface area (Å²) in [5.74, 6) is 0. The van der Waals surface area contributed by atoms with Gasteiger partial charge >= 0.3 is 0 Å². The zero-order valence-electron chi connectivity index (χ0n) is 15.7. The molecule has 0 fully saturated rings. The molecule has 0 aliphatic heterocycles. The van der Waals surface area contributed by atoms with E-state index in [9.17, 15) is 0 Å². The lowest BCUT2D eigenvalue weighted by molar-refractivity contribution is 0.0646. The fraction of sp³-hybridized carbons (Fsp3) is 0.300. The molecule has 0 unspecified atom stereocenters. The van der Waals surface area contributed by atoms with Crippen molar-refractivity contribution in [3.8, 4) is 0 Å². The maximum Gasteiger partial charge on any atom is 0.129 e. The largest absolute Gasteiger partial charge is 0.366 e. The van der Waals surface area contributed by atoms with Gasteiger partial charge in [-0.3, -0.25) is 10.3 Å². The van der Waals surface area contributed by atoms with E-state index >= 15 is 0 Å². The molecule has 0 saturated heterocycles. The minimum atomic E-state index is 0.368. The van der Waals surface area contributed by atoms with Crippen LogP contribution in [0.3, 0.4) is 0 Å². The van der Waals surface area contributed by atoms with Gasteiger partial charge in [-0.05, 0) is 55.7 Å². The van der Waals surface area contributed by atoms with Crippen LogP contribution in [0, 0.1) is 13.8 Å². The number of hydrogen-bond acceptors (Lipinski definition) is 4. The third-order valence-electron chi connectivity index (χ3n) is 3.98. The van der Waals surface area contributed by atoms with Crippen LogP contribution in [0.15, 0.2) is 42.0 Å². The van der Waals surface area contributed by atoms with Crippen molar-refractivity contribution in [3.05, 3.63) is 64.4 Å². The molecule has 6 heteroatoms. The van der Waals surface area contributed by atoms with Crippen molar-refractivity contribution in [1.29, 1.82) is 0 Å². The Hall–Kier alpha value is -2.37. The van der Waals surface area contributed by atoms with Crippen LogP contribution in [0.4, 0.5) is 5.69 Å². The first-order chi connectivity index (χ1) is 12.4. The van der Waals surface area contributed by atoms with Gasteiger partial charge in [0.05, 0.1) is 17.7 Å². The summed E-state index contributed by atoms with van der Waals surface area (Å²) in [5, 5.41) is 0.463. The molecule has 0 saturated carbocycles. The van der Waals surface area contributed by atoms with Gasteiger partial charge in [0.15, 0.2) is 0 Å². The highest BCUT2D eigenvalue weighted by Gasteiger charge is 2.07. The first-order valence-electron chi connectivity index (χ1n) is 8.44. The van der Waals surface area contributed by atoms with E-state index in [1.54, 1.807) is 12.3 Å². The van der Waals surface area contributed by atoms with Gasteiger partial charge in [0, 0.05) is 25.4 Å². The van der Waals surface area contributed by atoms with E-state index in [0.29, 0.717) is 17.5 Å². The fourth-order valence-corrected chi connectivity index (χ4v) is 2.37. The molecule has 1 heterocycles. The zero-order chi connectivity index (χ0) is 19.1. The maximum absolute atomic E-state index is 5.77. The molecule has 0 atom stereocenters. The first kappa shape index (κ1) is 19.9. The first-order valence-corrected chi connectivity index (χ1v) is 8.81. The summed E-state index contributed by atoms with van der Waals surface area (Å²) in [5.41, 5.74) is 8.64. The molecule has 1 aromatic heterocycles. The number of aliphatic imine (C=N–C) groups is 1. The fourth-order valence-electron chi connectivity index (χ4n) is 2.26. The van der Waals surface area contributed by atoms with Gasteiger partial charge in [-0.25, -0.2) is 9.98 Å². The molecule has 0 radical (unpaired) electrons. The SMILES string of the molecule is C=C(NOCc1ccc(Cl)nc1)c1cc(C)c(N=CN(C)CC)cc1C. The zero-order valence-corrected chi connectivity index (χ0v) is 16.5. The Labute approximate surface area is 160 Å². The van der Waals surface area contributed by atoms with Crippen LogP contribution in [0.2, 0.25) is 5.15 Å². The molecular weight excluding hydrogens is 348 g/mol. The molecule has 0 aliphatic rings. The van der Waals surface area contributed by atoms with E-state index in [0.717, 1.165) is 34.5 Å². The maximum atomic E-state index is 5.77. The van der Waals surface area contributed by atoms with Crippen molar-refractivity contribution < 1.29 is 4.84 Å². The molecule has 2 aromatic rings. The second-order valence-electron chi connectivity index (χ2n) is 6.13. The van der Waals surface area contributed by atoms with Crippen molar-refractivity contribution in [2.24, 2.45) is 4.99 Å². The van der Waals surface area contributed by atoms with Crippen molar-refractivity contribution in [1.82, 2.24) is 15.4 Å². The smallest absolute Gasteiger partial charge is 0.129 e. The number of aromatic nitrogens is 1. The molecule has 0 aliphatic carbocycles. The van der Waals surface area contributed by atoms with Crippen molar-refractivity contribution in [3.63, 3.8) is 0 Å². The third-order valence-corrected chi connectivity index (χ3v) is 4.21. The second-order valence-corrected chi connectivity index (χ2v) is 6.52. The van der Waals surface area contributed by atoms with Gasteiger partial charge in [0.1, 0.15) is 11.8 Å². The van der Waals surface area contributed by atoms with Gasteiger partial charge in [0.2, 0.25) is 0 Å². The van der Waals surface area contributed by atoms with Gasteiger partial charge < -0.3 is 4.90 Å². The summed E-state index contributed by atoms with van der Waals surface area (Å²) < 4.78 is 0. The highest BCUT2D eigenvalue weighted by atomic mass is 35.5. The minimum absolute atomic E-state index is 0.368. The summed E-state index contributed by atoms with van der Waals surface area (Å²) in [4.78, 5) is 16.1. The summed E-state index contributed by atoms with van der Waals surface area (Å²) in [6.45, 7) is 11.5. The second kappa shape index (κ2) is 9.36. The molecule has 1 aromatic carbocycles. The number of nitrogens with zero attached hydrogens (tertiary/aromatic N) is 3. The number of halogens is 1. The molecule has 1 N–H and O–H groups in total. The average molecular weight is 373 g/mol. The summed E-state index contributed by atoms with van der Waals surface area (Å²) in [6.07, 6.45) is 3.53. The van der Waals surface area contributed by atoms with E-state index in [4.69, 9.17) is 16.4 Å². The lowest BCUT2D eigenvalue weighted by Gasteiger charge is -2.15. The minimum Gasteiger partial charge on any atom is -0.366 e. The number of pyridine rings is 1. The highest BCUT2D eigenvalue weighted by molar-refractivity contribution is 6.29. The van der Waals surface area contributed by atoms with E-state index in [2.05, 4.69) is 41.1 Å². The Bertz CT molecular complexity index is 787. The molecule has 0 amide bonds. The molecule has 2 rings (SSSR count). The summed E-state index contributed by atoms with van der Waals surface area (Å²) >= 11 is 5.77. The molecule has 138 valence electrons. The molecule has 5 nitrogen and oxygen atoms in total. The summed E-state index contributed by atoms with van der Waals surface area (Å²) in [6, 6.07) is 7.73. The number of hydroxylamine groups is 1. The van der Waals surface area contributed by atoms with Crippen molar-refractivity contribution in [2.75, 3.05) is 13.6 Å². The molecule has 26 heavy (non-hydrogen) atoms.